The molecule has 7 nitrogen and oxygen atoms in total. The topological polar surface area (TPSA) is 113 Å². The van der Waals surface area contributed by atoms with Gasteiger partial charge in [-0.25, -0.2) is 4.98 Å². The number of carbonyl (C=O) groups excluding carboxylic acids is 2. The van der Waals surface area contributed by atoms with Crippen LogP contribution in [0.3, 0.4) is 0 Å². The van der Waals surface area contributed by atoms with Crippen LogP contribution in [0.25, 0.3) is 11.0 Å². The van der Waals surface area contributed by atoms with Crippen molar-refractivity contribution >= 4 is 28.7 Å². The standard InChI is InChI=1S/C19H13N5O2/c1-10-6-16(21)23-14-7-11(9-22-17(10)14)15(8-20)24-18(25)12-4-2-3-5-13(12)19(24)26/h2-7,9,15H,1H3,(H2,21,23). The molecule has 1 atom stereocenters. The van der Waals surface area contributed by atoms with Gasteiger partial charge in [-0.1, -0.05) is 12.1 Å². The van der Waals surface area contributed by atoms with Crippen molar-refractivity contribution in [2.75, 3.05) is 5.73 Å². The van der Waals surface area contributed by atoms with Crippen LogP contribution in [0.1, 0.15) is 37.9 Å². The number of anilines is 1. The van der Waals surface area contributed by atoms with Gasteiger partial charge in [-0.15, -0.1) is 0 Å². The number of nitriles is 1. The summed E-state index contributed by atoms with van der Waals surface area (Å²) in [7, 11) is 0. The molecule has 4 rings (SSSR count). The summed E-state index contributed by atoms with van der Waals surface area (Å²) < 4.78 is 0. The van der Waals surface area contributed by atoms with Gasteiger partial charge < -0.3 is 5.73 Å². The molecule has 1 unspecified atom stereocenters. The molecule has 0 saturated carbocycles. The molecule has 0 bridgehead atoms. The second kappa shape index (κ2) is 5.63. The molecule has 2 aromatic heterocycles. The zero-order valence-corrected chi connectivity index (χ0v) is 13.8. The molecule has 1 aromatic carbocycles. The minimum atomic E-state index is -1.09. The van der Waals surface area contributed by atoms with E-state index in [0.29, 0.717) is 33.5 Å². The van der Waals surface area contributed by atoms with Crippen LogP contribution in [0.4, 0.5) is 5.82 Å². The van der Waals surface area contributed by atoms with Crippen molar-refractivity contribution in [1.29, 1.82) is 5.26 Å². The normalized spacial score (nSPS) is 14.4. The molecule has 2 N–H and O–H groups in total. The number of nitrogens with zero attached hydrogens (tertiary/aromatic N) is 4. The molecule has 3 heterocycles. The van der Waals surface area contributed by atoms with Gasteiger partial charge in [-0.2, -0.15) is 5.26 Å². The summed E-state index contributed by atoms with van der Waals surface area (Å²) in [5, 5.41) is 9.67. The third kappa shape index (κ3) is 2.20. The van der Waals surface area contributed by atoms with Gasteiger partial charge in [-0.05, 0) is 36.8 Å². The van der Waals surface area contributed by atoms with E-state index >= 15 is 0 Å². The number of pyridine rings is 2. The number of nitrogen functional groups attached to an aromatic ring is 1. The van der Waals surface area contributed by atoms with E-state index in [9.17, 15) is 14.9 Å². The number of hydrogen-bond acceptors (Lipinski definition) is 6. The lowest BCUT2D eigenvalue weighted by atomic mass is 10.1. The molecule has 0 saturated heterocycles. The Morgan fingerprint density at radius 3 is 2.42 bits per heavy atom. The third-order valence-electron chi connectivity index (χ3n) is 4.40. The van der Waals surface area contributed by atoms with E-state index < -0.39 is 17.9 Å². The van der Waals surface area contributed by atoms with Crippen molar-refractivity contribution in [3.05, 3.63) is 64.8 Å². The first-order valence-electron chi connectivity index (χ1n) is 7.90. The zero-order chi connectivity index (χ0) is 18.4. The van der Waals surface area contributed by atoms with Crippen molar-refractivity contribution in [3.8, 4) is 6.07 Å². The van der Waals surface area contributed by atoms with Gasteiger partial charge in [-0.3, -0.25) is 19.5 Å². The first-order chi connectivity index (χ1) is 12.5. The van der Waals surface area contributed by atoms with Crippen molar-refractivity contribution in [3.63, 3.8) is 0 Å². The van der Waals surface area contributed by atoms with E-state index in [4.69, 9.17) is 5.73 Å². The first kappa shape index (κ1) is 15.7. The number of aryl methyl sites for hydroxylation is 1. The fraction of sp³-hybridized carbons (Fsp3) is 0.105. The van der Waals surface area contributed by atoms with Crippen LogP contribution < -0.4 is 5.73 Å². The fourth-order valence-corrected chi connectivity index (χ4v) is 3.19. The number of aromatic nitrogens is 2. The van der Waals surface area contributed by atoms with E-state index in [1.807, 2.05) is 13.0 Å². The van der Waals surface area contributed by atoms with Gasteiger partial charge in [0.05, 0.1) is 28.2 Å². The SMILES string of the molecule is Cc1cc(N)nc2cc(C(C#N)N3C(=O)c4ccccc4C3=O)cnc12. The van der Waals surface area contributed by atoms with Gasteiger partial charge in [0.15, 0.2) is 6.04 Å². The Morgan fingerprint density at radius 2 is 1.81 bits per heavy atom. The molecule has 0 radical (unpaired) electrons. The Balaban J connectivity index is 1.82. The van der Waals surface area contributed by atoms with Crippen molar-refractivity contribution in [2.24, 2.45) is 0 Å². The van der Waals surface area contributed by atoms with E-state index in [0.717, 1.165) is 10.5 Å². The van der Waals surface area contributed by atoms with Gasteiger partial charge in [0.1, 0.15) is 5.82 Å². The van der Waals surface area contributed by atoms with Gasteiger partial charge in [0, 0.05) is 11.8 Å². The van der Waals surface area contributed by atoms with Gasteiger partial charge in [0.2, 0.25) is 0 Å². The maximum Gasteiger partial charge on any atom is 0.262 e. The summed E-state index contributed by atoms with van der Waals surface area (Å²) in [6.45, 7) is 1.86. The number of imide groups is 1. The molecule has 1 aliphatic rings. The lowest BCUT2D eigenvalue weighted by Gasteiger charge is -2.20. The number of amides is 2. The van der Waals surface area contributed by atoms with Crippen molar-refractivity contribution in [2.45, 2.75) is 13.0 Å². The Kier molecular flexibility index (Phi) is 3.41. The molecule has 126 valence electrons. The van der Waals surface area contributed by atoms with Crippen LogP contribution >= 0.6 is 0 Å². The molecular formula is C19H13N5O2. The monoisotopic (exact) mass is 343 g/mol. The van der Waals surface area contributed by atoms with Crippen LogP contribution in [0, 0.1) is 18.3 Å². The average Bonchev–Trinajstić information content (AvgIpc) is 2.88. The number of benzene rings is 1. The predicted molar refractivity (Wildman–Crippen MR) is 94.0 cm³/mol. The van der Waals surface area contributed by atoms with E-state index in [1.165, 1.54) is 6.20 Å². The second-order valence-corrected chi connectivity index (χ2v) is 6.06. The summed E-state index contributed by atoms with van der Waals surface area (Å²) in [6.07, 6.45) is 1.49. The Bertz CT molecular complexity index is 1100. The lowest BCUT2D eigenvalue weighted by Crippen LogP contribution is -2.33. The molecule has 2 amide bonds. The van der Waals surface area contributed by atoms with Crippen LogP contribution in [0.2, 0.25) is 0 Å². The smallest absolute Gasteiger partial charge is 0.262 e. The van der Waals surface area contributed by atoms with Crippen molar-refractivity contribution in [1.82, 2.24) is 14.9 Å². The summed E-state index contributed by atoms with van der Waals surface area (Å²) >= 11 is 0. The van der Waals surface area contributed by atoms with Gasteiger partial charge in [0.25, 0.3) is 11.8 Å². The van der Waals surface area contributed by atoms with Crippen LogP contribution in [-0.2, 0) is 0 Å². The maximum atomic E-state index is 12.7. The van der Waals surface area contributed by atoms with E-state index in [1.54, 1.807) is 36.4 Å². The largest absolute Gasteiger partial charge is 0.384 e. The third-order valence-corrected chi connectivity index (χ3v) is 4.40. The molecule has 0 fully saturated rings. The number of hydrogen-bond donors (Lipinski definition) is 1. The minimum Gasteiger partial charge on any atom is -0.384 e. The number of carbonyl (C=O) groups is 2. The number of fused-ring (bicyclic) bond motifs is 2. The van der Waals surface area contributed by atoms with Gasteiger partial charge >= 0.3 is 0 Å². The molecule has 7 heteroatoms. The summed E-state index contributed by atoms with van der Waals surface area (Å²) in [4.78, 5) is 34.8. The van der Waals surface area contributed by atoms with E-state index in [-0.39, 0.29) is 0 Å². The Morgan fingerprint density at radius 1 is 1.15 bits per heavy atom. The maximum absolute atomic E-state index is 12.7. The lowest BCUT2D eigenvalue weighted by molar-refractivity contribution is 0.0617. The fourth-order valence-electron chi connectivity index (χ4n) is 3.19. The summed E-state index contributed by atoms with van der Waals surface area (Å²) in [5.74, 6) is -0.647. The van der Waals surface area contributed by atoms with Crippen LogP contribution in [0.5, 0.6) is 0 Å². The van der Waals surface area contributed by atoms with Crippen molar-refractivity contribution < 1.29 is 9.59 Å². The molecule has 3 aromatic rings. The second-order valence-electron chi connectivity index (χ2n) is 6.06. The first-order valence-corrected chi connectivity index (χ1v) is 7.90. The van der Waals surface area contributed by atoms with Crippen LogP contribution in [-0.4, -0.2) is 26.7 Å². The molecule has 0 aliphatic carbocycles. The van der Waals surface area contributed by atoms with E-state index in [2.05, 4.69) is 9.97 Å². The quantitative estimate of drug-likeness (QED) is 0.715. The molecular weight excluding hydrogens is 330 g/mol. The highest BCUT2D eigenvalue weighted by atomic mass is 16.2. The molecule has 0 spiro atoms. The number of rotatable bonds is 2. The van der Waals surface area contributed by atoms with Crippen LogP contribution in [0.15, 0.2) is 42.6 Å². The highest BCUT2D eigenvalue weighted by molar-refractivity contribution is 6.21. The highest BCUT2D eigenvalue weighted by Crippen LogP contribution is 2.32. The number of nitrogens with two attached hydrogens (primary N) is 1. The molecule has 26 heavy (non-hydrogen) atoms. The Hall–Kier alpha value is -3.79. The Labute approximate surface area is 148 Å². The summed E-state index contributed by atoms with van der Waals surface area (Å²) in [5.41, 5.74) is 8.81. The predicted octanol–water partition coefficient (Wildman–Crippen LogP) is 2.38. The minimum absolute atomic E-state index is 0.296. The highest BCUT2D eigenvalue weighted by Gasteiger charge is 2.40. The summed E-state index contributed by atoms with van der Waals surface area (Å²) in [6, 6.07) is 10.8. The molecule has 1 aliphatic heterocycles. The average molecular weight is 343 g/mol. The zero-order valence-electron chi connectivity index (χ0n) is 13.8.